The Morgan fingerprint density at radius 3 is 2.75 bits per heavy atom. The number of hydrogen-bond donors (Lipinski definition) is 0. The molecule has 1 aliphatic heterocycles. The topological polar surface area (TPSA) is 73.3 Å². The Morgan fingerprint density at radius 1 is 1.55 bits per heavy atom. The fourth-order valence-corrected chi connectivity index (χ4v) is 3.17. The van der Waals surface area contributed by atoms with Gasteiger partial charge < -0.3 is 9.90 Å². The van der Waals surface area contributed by atoms with E-state index in [0.29, 0.717) is 4.91 Å². The van der Waals surface area contributed by atoms with Gasteiger partial charge in [-0.15, -0.1) is 0 Å². The van der Waals surface area contributed by atoms with Crippen LogP contribution >= 0.6 is 24.0 Å². The van der Waals surface area contributed by atoms with Crippen LogP contribution < -0.4 is 5.11 Å². The van der Waals surface area contributed by atoms with Crippen LogP contribution in [0.4, 0.5) is 0 Å². The van der Waals surface area contributed by atoms with Crippen molar-refractivity contribution in [2.24, 2.45) is 0 Å². The third-order valence-electron chi connectivity index (χ3n) is 2.80. The number of thiocarbonyl (C=S) groups is 1. The highest BCUT2D eigenvalue weighted by Gasteiger charge is 2.36. The summed E-state index contributed by atoms with van der Waals surface area (Å²) in [4.78, 5) is 28.7. The van der Waals surface area contributed by atoms with Crippen molar-refractivity contribution in [1.82, 2.24) is 9.88 Å². The van der Waals surface area contributed by atoms with E-state index >= 15 is 0 Å². The molecule has 1 fully saturated rings. The molecule has 0 aliphatic carbocycles. The Labute approximate surface area is 125 Å². The molecule has 0 N–H and O–H groups in total. The molecule has 0 radical (unpaired) electrons. The maximum Gasteiger partial charge on any atom is 0.266 e. The number of rotatable bonds is 4. The smallest absolute Gasteiger partial charge is 0.266 e. The van der Waals surface area contributed by atoms with E-state index in [-0.39, 0.29) is 10.7 Å². The molecule has 1 saturated heterocycles. The van der Waals surface area contributed by atoms with Gasteiger partial charge >= 0.3 is 0 Å². The van der Waals surface area contributed by atoms with Crippen molar-refractivity contribution in [2.45, 2.75) is 19.4 Å². The van der Waals surface area contributed by atoms with Crippen LogP contribution in [0.15, 0.2) is 29.4 Å². The van der Waals surface area contributed by atoms with Crippen molar-refractivity contribution < 1.29 is 14.7 Å². The zero-order valence-electron chi connectivity index (χ0n) is 10.6. The summed E-state index contributed by atoms with van der Waals surface area (Å²) in [5, 5.41) is 11.1. The second kappa shape index (κ2) is 6.15. The van der Waals surface area contributed by atoms with Crippen LogP contribution in [-0.4, -0.2) is 32.1 Å². The molecule has 1 aromatic heterocycles. The average molecular weight is 307 g/mol. The highest BCUT2D eigenvalue weighted by Crippen LogP contribution is 2.34. The van der Waals surface area contributed by atoms with Gasteiger partial charge in [0, 0.05) is 12.4 Å². The molecule has 1 aliphatic rings. The number of hydrogen-bond acceptors (Lipinski definition) is 6. The van der Waals surface area contributed by atoms with Crippen molar-refractivity contribution in [1.29, 1.82) is 0 Å². The van der Waals surface area contributed by atoms with Gasteiger partial charge in [0.1, 0.15) is 4.32 Å². The summed E-state index contributed by atoms with van der Waals surface area (Å²) < 4.78 is 0.242. The SMILES string of the molecule is CC[C@H](C(=O)[O-])N1C(=O)/C(=C/c2ccncc2)SC1=S. The van der Waals surface area contributed by atoms with Gasteiger partial charge in [-0.2, -0.15) is 0 Å². The van der Waals surface area contributed by atoms with Crippen LogP contribution in [0.3, 0.4) is 0 Å². The molecule has 1 amide bonds. The van der Waals surface area contributed by atoms with Gasteiger partial charge in [0.05, 0.1) is 16.9 Å². The van der Waals surface area contributed by atoms with Crippen LogP contribution in [0.2, 0.25) is 0 Å². The van der Waals surface area contributed by atoms with Gasteiger partial charge in [0.2, 0.25) is 0 Å². The van der Waals surface area contributed by atoms with Crippen LogP contribution in [0.25, 0.3) is 6.08 Å². The zero-order valence-corrected chi connectivity index (χ0v) is 12.2. The molecule has 0 saturated carbocycles. The van der Waals surface area contributed by atoms with Gasteiger partial charge in [0.15, 0.2) is 0 Å². The minimum Gasteiger partial charge on any atom is -0.548 e. The third kappa shape index (κ3) is 2.88. The molecule has 2 heterocycles. The minimum atomic E-state index is -1.30. The highest BCUT2D eigenvalue weighted by atomic mass is 32.2. The number of thioether (sulfide) groups is 1. The summed E-state index contributed by atoms with van der Waals surface area (Å²) in [6.45, 7) is 1.67. The van der Waals surface area contributed by atoms with Gasteiger partial charge in [0.25, 0.3) is 5.91 Å². The second-order valence-corrected chi connectivity index (χ2v) is 5.75. The molecule has 104 valence electrons. The number of carbonyl (C=O) groups excluding carboxylic acids is 2. The van der Waals surface area contributed by atoms with Crippen molar-refractivity contribution in [3.05, 3.63) is 35.0 Å². The zero-order chi connectivity index (χ0) is 14.7. The normalized spacial score (nSPS) is 18.6. The fourth-order valence-electron chi connectivity index (χ4n) is 1.81. The lowest BCUT2D eigenvalue weighted by Gasteiger charge is -2.26. The lowest BCUT2D eigenvalue weighted by Crippen LogP contribution is -2.49. The standard InChI is InChI=1S/C13H12N2O3S2/c1-2-9(12(17)18)15-11(16)10(20-13(15)19)7-8-3-5-14-6-4-8/h3-7,9H,2H2,1H3,(H,17,18)/p-1/b10-7-/t9-/m1/s1. The van der Waals surface area contributed by atoms with E-state index in [0.717, 1.165) is 22.2 Å². The predicted octanol–water partition coefficient (Wildman–Crippen LogP) is 0.811. The lowest BCUT2D eigenvalue weighted by molar-refractivity contribution is -0.310. The molecule has 0 bridgehead atoms. The quantitative estimate of drug-likeness (QED) is 0.605. The minimum absolute atomic E-state index is 0.242. The maximum atomic E-state index is 12.3. The number of carboxylic acid groups (broad SMARTS) is 1. The summed E-state index contributed by atoms with van der Waals surface area (Å²) in [7, 11) is 0. The molecule has 20 heavy (non-hydrogen) atoms. The van der Waals surface area contributed by atoms with Gasteiger partial charge in [-0.3, -0.25) is 14.7 Å². The average Bonchev–Trinajstić information content (AvgIpc) is 2.68. The maximum absolute atomic E-state index is 12.3. The Hall–Kier alpha value is -1.73. The van der Waals surface area contributed by atoms with Crippen LogP contribution in [0.1, 0.15) is 18.9 Å². The molecular weight excluding hydrogens is 296 g/mol. The molecule has 0 unspecified atom stereocenters. The third-order valence-corrected chi connectivity index (χ3v) is 4.13. The van der Waals surface area contributed by atoms with Crippen molar-refractivity contribution in [3.63, 3.8) is 0 Å². The highest BCUT2D eigenvalue weighted by molar-refractivity contribution is 8.26. The molecule has 5 nitrogen and oxygen atoms in total. The Morgan fingerprint density at radius 2 is 2.20 bits per heavy atom. The number of nitrogens with zero attached hydrogens (tertiary/aromatic N) is 2. The lowest BCUT2D eigenvalue weighted by atomic mass is 10.2. The first-order valence-corrected chi connectivity index (χ1v) is 7.15. The van der Waals surface area contributed by atoms with Gasteiger partial charge in [-0.25, -0.2) is 0 Å². The number of amides is 1. The number of carboxylic acids is 1. The molecule has 2 rings (SSSR count). The van der Waals surface area contributed by atoms with E-state index in [1.165, 1.54) is 0 Å². The Balaban J connectivity index is 2.29. The molecule has 0 aromatic carbocycles. The van der Waals surface area contributed by atoms with E-state index in [9.17, 15) is 14.7 Å². The number of pyridine rings is 1. The summed E-state index contributed by atoms with van der Waals surface area (Å²) in [6, 6.07) is 2.48. The second-order valence-electron chi connectivity index (χ2n) is 4.08. The van der Waals surface area contributed by atoms with Crippen molar-refractivity contribution >= 4 is 46.3 Å². The van der Waals surface area contributed by atoms with E-state index in [1.54, 1.807) is 37.5 Å². The number of carbonyl (C=O) groups is 2. The number of aromatic nitrogens is 1. The van der Waals surface area contributed by atoms with Crippen LogP contribution in [0.5, 0.6) is 0 Å². The molecular formula is C13H11N2O3S2-. The van der Waals surface area contributed by atoms with E-state index in [2.05, 4.69) is 4.98 Å². The predicted molar refractivity (Wildman–Crippen MR) is 78.3 cm³/mol. The monoisotopic (exact) mass is 307 g/mol. The summed E-state index contributed by atoms with van der Waals surface area (Å²) in [6.07, 6.45) is 5.14. The van der Waals surface area contributed by atoms with E-state index in [4.69, 9.17) is 12.2 Å². The van der Waals surface area contributed by atoms with Gasteiger partial charge in [-0.05, 0) is 30.2 Å². The Bertz CT molecular complexity index is 587. The van der Waals surface area contributed by atoms with Gasteiger partial charge in [-0.1, -0.05) is 30.9 Å². The summed E-state index contributed by atoms with van der Waals surface area (Å²) in [5.41, 5.74) is 0.807. The van der Waals surface area contributed by atoms with E-state index in [1.807, 2.05) is 0 Å². The largest absolute Gasteiger partial charge is 0.548 e. The van der Waals surface area contributed by atoms with Crippen molar-refractivity contribution in [3.8, 4) is 0 Å². The fraction of sp³-hybridized carbons (Fsp3) is 0.231. The summed E-state index contributed by atoms with van der Waals surface area (Å²) in [5.74, 6) is -1.69. The first-order valence-electron chi connectivity index (χ1n) is 5.92. The molecule has 7 heteroatoms. The van der Waals surface area contributed by atoms with Crippen LogP contribution in [-0.2, 0) is 9.59 Å². The molecule has 1 atom stereocenters. The van der Waals surface area contributed by atoms with Crippen LogP contribution in [0, 0.1) is 0 Å². The first kappa shape index (κ1) is 14.7. The van der Waals surface area contributed by atoms with Crippen molar-refractivity contribution in [2.75, 3.05) is 0 Å². The summed E-state index contributed by atoms with van der Waals surface area (Å²) >= 11 is 6.19. The first-order chi connectivity index (χ1) is 9.54. The number of aliphatic carboxylic acids is 1. The Kier molecular flexibility index (Phi) is 4.51. The van der Waals surface area contributed by atoms with E-state index < -0.39 is 17.9 Å². The molecule has 1 aromatic rings. The molecule has 0 spiro atoms.